The van der Waals surface area contributed by atoms with Gasteiger partial charge in [0.05, 0.1) is 16.9 Å². The molecular formula is C68H70BN3. The Bertz CT molecular complexity index is 3250. The molecule has 8 aromatic carbocycles. The summed E-state index contributed by atoms with van der Waals surface area (Å²) in [6.45, 7) is 26.3. The SMILES string of the molecule is CC(C)(C)c1ccc(N2c3ccccc3B3c4ccccc4N(c4ccc(C(C)(C)C)cc4-c4ccccc4)c4cc(N5c6ccc(C(C)(C)C)cc6C6(C)CCCCC56C)cc2c43)c(-c2ccccc2)c1. The van der Waals surface area contributed by atoms with E-state index in [9.17, 15) is 0 Å². The molecule has 0 saturated heterocycles. The Labute approximate surface area is 430 Å². The van der Waals surface area contributed by atoms with Gasteiger partial charge in [0.15, 0.2) is 0 Å². The second-order valence-electron chi connectivity index (χ2n) is 24.9. The topological polar surface area (TPSA) is 9.72 Å². The second-order valence-corrected chi connectivity index (χ2v) is 24.9. The number of anilines is 8. The fourth-order valence-corrected chi connectivity index (χ4v) is 13.2. The van der Waals surface area contributed by atoms with Crippen LogP contribution in [0.5, 0.6) is 0 Å². The van der Waals surface area contributed by atoms with Crippen LogP contribution in [0.15, 0.2) is 176 Å². The van der Waals surface area contributed by atoms with Crippen LogP contribution >= 0.6 is 0 Å². The molecule has 8 aromatic rings. The molecule has 2 atom stereocenters. The lowest BCUT2D eigenvalue weighted by molar-refractivity contribution is 0.195. The Morgan fingerprint density at radius 1 is 0.403 bits per heavy atom. The molecule has 1 saturated carbocycles. The summed E-state index contributed by atoms with van der Waals surface area (Å²) >= 11 is 0. The van der Waals surface area contributed by atoms with Crippen LogP contribution in [0.3, 0.4) is 0 Å². The average Bonchev–Trinajstić information content (AvgIpc) is 3.58. The molecule has 0 N–H and O–H groups in total. The van der Waals surface area contributed by atoms with Gasteiger partial charge in [0, 0.05) is 50.7 Å². The number of para-hydroxylation sites is 2. The van der Waals surface area contributed by atoms with Crippen LogP contribution in [0, 0.1) is 0 Å². The van der Waals surface area contributed by atoms with E-state index < -0.39 is 0 Å². The van der Waals surface area contributed by atoms with Crippen LogP contribution in [0.4, 0.5) is 45.5 Å². The normalized spacial score (nSPS) is 19.1. The summed E-state index contributed by atoms with van der Waals surface area (Å²) < 4.78 is 0. The molecule has 4 aliphatic rings. The van der Waals surface area contributed by atoms with Crippen LogP contribution < -0.4 is 31.1 Å². The highest BCUT2D eigenvalue weighted by molar-refractivity contribution is 7.00. The van der Waals surface area contributed by atoms with Gasteiger partial charge in [-0.2, -0.15) is 0 Å². The van der Waals surface area contributed by atoms with Gasteiger partial charge in [0.1, 0.15) is 0 Å². The first-order valence-corrected chi connectivity index (χ1v) is 26.7. The predicted octanol–water partition coefficient (Wildman–Crippen LogP) is 16.7. The quantitative estimate of drug-likeness (QED) is 0.159. The van der Waals surface area contributed by atoms with E-state index in [1.807, 2.05) is 0 Å². The largest absolute Gasteiger partial charge is 0.334 e. The van der Waals surface area contributed by atoms with E-state index in [4.69, 9.17) is 0 Å². The van der Waals surface area contributed by atoms with E-state index >= 15 is 0 Å². The highest BCUT2D eigenvalue weighted by Gasteiger charge is 2.58. The standard InChI is InChI=1S/C68H70BN3/c1-64(2,3)47-32-35-56(51(40-47)45-24-14-12-15-25-45)70-59-30-20-18-28-54(59)69-55-29-19-21-31-60(55)71(57-36-33-48(65(4,5)6)41-52(57)46-26-16-13-17-27-46)62-44-50(43-61(70)63(62)69)72-58-37-34-49(66(7,8)9)42-53(58)67(10)38-22-23-39-68(67,72)11/h12-21,24-37,40-44H,22-23,38-39H2,1-11H3. The molecule has 1 fully saturated rings. The van der Waals surface area contributed by atoms with Crippen LogP contribution in [0.1, 0.15) is 124 Å². The third kappa shape index (κ3) is 7.06. The molecule has 3 heterocycles. The van der Waals surface area contributed by atoms with Crippen molar-refractivity contribution >= 4 is 68.6 Å². The van der Waals surface area contributed by atoms with Crippen molar-refractivity contribution in [2.24, 2.45) is 0 Å². The van der Waals surface area contributed by atoms with Crippen molar-refractivity contribution in [3.8, 4) is 22.3 Å². The zero-order valence-electron chi connectivity index (χ0n) is 44.5. The van der Waals surface area contributed by atoms with E-state index in [0.717, 1.165) is 6.42 Å². The smallest absolute Gasteiger partial charge is 0.252 e. The lowest BCUT2D eigenvalue weighted by atomic mass is 9.33. The lowest BCUT2D eigenvalue weighted by Crippen LogP contribution is -2.61. The monoisotopic (exact) mass is 940 g/mol. The number of fused-ring (bicyclic) bond motifs is 7. The minimum atomic E-state index is -0.160. The van der Waals surface area contributed by atoms with Crippen LogP contribution in [-0.2, 0) is 21.7 Å². The van der Waals surface area contributed by atoms with Gasteiger partial charge >= 0.3 is 0 Å². The van der Waals surface area contributed by atoms with E-state index in [0.29, 0.717) is 0 Å². The van der Waals surface area contributed by atoms with Crippen molar-refractivity contribution in [1.82, 2.24) is 0 Å². The molecule has 1 aliphatic carbocycles. The van der Waals surface area contributed by atoms with Crippen molar-refractivity contribution in [2.45, 2.75) is 129 Å². The fourth-order valence-electron chi connectivity index (χ4n) is 13.2. The van der Waals surface area contributed by atoms with Crippen LogP contribution in [0.2, 0.25) is 0 Å². The molecule has 72 heavy (non-hydrogen) atoms. The lowest BCUT2D eigenvalue weighted by Gasteiger charge is -2.51. The average molecular weight is 940 g/mol. The summed E-state index contributed by atoms with van der Waals surface area (Å²) in [5, 5.41) is 0. The number of hydrogen-bond donors (Lipinski definition) is 0. The molecule has 3 aliphatic heterocycles. The van der Waals surface area contributed by atoms with Crippen molar-refractivity contribution in [3.05, 3.63) is 198 Å². The molecule has 0 bridgehead atoms. The van der Waals surface area contributed by atoms with Gasteiger partial charge in [-0.3, -0.25) is 0 Å². The molecule has 4 heteroatoms. The molecule has 3 nitrogen and oxygen atoms in total. The van der Waals surface area contributed by atoms with Crippen molar-refractivity contribution < 1.29 is 0 Å². The summed E-state index contributed by atoms with van der Waals surface area (Å²) in [6, 6.07) is 68.0. The van der Waals surface area contributed by atoms with Gasteiger partial charge in [-0.15, -0.1) is 0 Å². The van der Waals surface area contributed by atoms with E-state index in [-0.39, 0.29) is 33.9 Å². The second kappa shape index (κ2) is 16.4. The summed E-state index contributed by atoms with van der Waals surface area (Å²) in [6.07, 6.45) is 4.74. The zero-order chi connectivity index (χ0) is 50.1. The molecule has 0 amide bonds. The number of hydrogen-bond acceptors (Lipinski definition) is 3. The molecule has 0 aromatic heterocycles. The molecule has 2 unspecified atom stereocenters. The molecule has 12 rings (SSSR count). The first-order chi connectivity index (χ1) is 34.4. The zero-order valence-corrected chi connectivity index (χ0v) is 44.5. The van der Waals surface area contributed by atoms with E-state index in [1.165, 1.54) is 126 Å². The van der Waals surface area contributed by atoms with Crippen LogP contribution in [-0.4, -0.2) is 12.3 Å². The third-order valence-electron chi connectivity index (χ3n) is 17.5. The number of nitrogens with zero attached hydrogens (tertiary/aromatic N) is 3. The molecule has 0 radical (unpaired) electrons. The minimum absolute atomic E-state index is 0.00254. The highest BCUT2D eigenvalue weighted by Crippen LogP contribution is 2.62. The molecular weight excluding hydrogens is 870 g/mol. The first-order valence-electron chi connectivity index (χ1n) is 26.7. The molecule has 0 spiro atoms. The van der Waals surface area contributed by atoms with Gasteiger partial charge in [-0.25, -0.2) is 0 Å². The highest BCUT2D eigenvalue weighted by atomic mass is 15.3. The van der Waals surface area contributed by atoms with Gasteiger partial charge in [0.25, 0.3) is 6.71 Å². The van der Waals surface area contributed by atoms with Gasteiger partial charge in [-0.05, 0) is 140 Å². The summed E-state index contributed by atoms with van der Waals surface area (Å²) in [4.78, 5) is 8.12. The van der Waals surface area contributed by atoms with Crippen molar-refractivity contribution in [1.29, 1.82) is 0 Å². The van der Waals surface area contributed by atoms with E-state index in [2.05, 4.69) is 267 Å². The van der Waals surface area contributed by atoms with Crippen molar-refractivity contribution in [2.75, 3.05) is 14.7 Å². The van der Waals surface area contributed by atoms with Crippen LogP contribution in [0.25, 0.3) is 22.3 Å². The van der Waals surface area contributed by atoms with Crippen molar-refractivity contribution in [3.63, 3.8) is 0 Å². The Kier molecular flexibility index (Phi) is 10.5. The Balaban J connectivity index is 1.22. The van der Waals surface area contributed by atoms with Gasteiger partial charge in [0.2, 0.25) is 0 Å². The Morgan fingerprint density at radius 2 is 0.819 bits per heavy atom. The Morgan fingerprint density at radius 3 is 1.29 bits per heavy atom. The summed E-state index contributed by atoms with van der Waals surface area (Å²) in [5.41, 5.74) is 24.1. The first kappa shape index (κ1) is 46.3. The maximum absolute atomic E-state index is 2.82. The van der Waals surface area contributed by atoms with Gasteiger partial charge in [-0.1, -0.05) is 203 Å². The summed E-state index contributed by atoms with van der Waals surface area (Å²) in [7, 11) is 0. The van der Waals surface area contributed by atoms with E-state index in [1.54, 1.807) is 0 Å². The number of benzene rings is 8. The fraction of sp³-hybridized carbons (Fsp3) is 0.294. The maximum atomic E-state index is 2.82. The Hall–Kier alpha value is -6.78. The third-order valence-corrected chi connectivity index (χ3v) is 17.5. The van der Waals surface area contributed by atoms with Gasteiger partial charge < -0.3 is 14.7 Å². The minimum Gasteiger partial charge on any atom is -0.334 e. The molecule has 360 valence electrons. The maximum Gasteiger partial charge on any atom is 0.252 e. The summed E-state index contributed by atoms with van der Waals surface area (Å²) in [5.74, 6) is 0. The predicted molar refractivity (Wildman–Crippen MR) is 310 cm³/mol. The number of rotatable bonds is 5.